The number of benzene rings is 1. The van der Waals surface area contributed by atoms with Gasteiger partial charge in [-0.1, -0.05) is 19.3 Å². The van der Waals surface area contributed by atoms with Crippen molar-refractivity contribution < 1.29 is 4.39 Å². The van der Waals surface area contributed by atoms with Crippen molar-refractivity contribution in [3.63, 3.8) is 0 Å². The molecule has 0 N–H and O–H groups in total. The van der Waals surface area contributed by atoms with Crippen LogP contribution < -0.4 is 10.5 Å². The third-order valence-corrected chi connectivity index (χ3v) is 7.19. The van der Waals surface area contributed by atoms with Gasteiger partial charge in [-0.2, -0.15) is 0 Å². The Labute approximate surface area is 190 Å². The average Bonchev–Trinajstić information content (AvgIpc) is 3.13. The Balaban J connectivity index is 1.51. The van der Waals surface area contributed by atoms with Crippen LogP contribution in [0, 0.1) is 5.82 Å². The summed E-state index contributed by atoms with van der Waals surface area (Å²) in [4.78, 5) is 28.0. The minimum atomic E-state index is -0.191. The molecule has 33 heavy (non-hydrogen) atoms. The van der Waals surface area contributed by atoms with Gasteiger partial charge in [-0.05, 0) is 54.8 Å². The summed E-state index contributed by atoms with van der Waals surface area (Å²) in [6, 6.07) is 12.3. The Kier molecular flexibility index (Phi) is 4.54. The summed E-state index contributed by atoms with van der Waals surface area (Å²) in [5.74, 6) is 0.546. The van der Waals surface area contributed by atoms with Gasteiger partial charge in [-0.15, -0.1) is 0 Å². The lowest BCUT2D eigenvalue weighted by molar-refractivity contribution is 0.313. The molecule has 0 unspecified atom stereocenters. The number of aromatic nitrogens is 4. The highest BCUT2D eigenvalue weighted by molar-refractivity contribution is 5.91. The number of anilines is 2. The van der Waals surface area contributed by atoms with Gasteiger partial charge in [0.1, 0.15) is 17.7 Å². The smallest absolute Gasteiger partial charge is 0.250 e. The van der Waals surface area contributed by atoms with Crippen LogP contribution in [0.4, 0.5) is 15.9 Å². The summed E-state index contributed by atoms with van der Waals surface area (Å²) in [5.41, 5.74) is 5.02. The number of fused-ring (bicyclic) bond motifs is 3. The SMILES string of the molecule is Cn1cc(-c2ccc3ncnc(N4CC5(CCCCC5)c5cc(F)ccc54)c3n2)ccc1=O. The standard InChI is InChI=1S/C26H24FN5O/c1-31-14-17(5-10-23(31)33)20-7-8-21-24(30-20)25(29-16-28-21)32-15-26(11-3-2-4-12-26)19-13-18(27)6-9-22(19)32/h5-10,13-14,16H,2-4,11-12,15H2,1H3. The predicted molar refractivity (Wildman–Crippen MR) is 126 cm³/mol. The first-order valence-electron chi connectivity index (χ1n) is 11.4. The number of aryl methyl sites for hydroxylation is 1. The van der Waals surface area contributed by atoms with Crippen LogP contribution in [0.2, 0.25) is 0 Å². The third-order valence-electron chi connectivity index (χ3n) is 7.19. The minimum Gasteiger partial charge on any atom is -0.323 e. The van der Waals surface area contributed by atoms with Crippen LogP contribution in [-0.4, -0.2) is 26.1 Å². The summed E-state index contributed by atoms with van der Waals surface area (Å²) in [6.07, 6.45) is 9.00. The number of rotatable bonds is 2. The maximum Gasteiger partial charge on any atom is 0.250 e. The van der Waals surface area contributed by atoms with E-state index in [0.717, 1.165) is 66.1 Å². The highest BCUT2D eigenvalue weighted by Crippen LogP contribution is 2.51. The number of hydrogen-bond donors (Lipinski definition) is 0. The van der Waals surface area contributed by atoms with Crippen molar-refractivity contribution in [1.29, 1.82) is 0 Å². The second-order valence-electron chi connectivity index (χ2n) is 9.22. The topological polar surface area (TPSA) is 63.9 Å². The molecule has 2 aliphatic rings. The second kappa shape index (κ2) is 7.47. The molecule has 1 aliphatic heterocycles. The molecule has 0 radical (unpaired) electrons. The first-order valence-corrected chi connectivity index (χ1v) is 11.4. The fourth-order valence-electron chi connectivity index (χ4n) is 5.52. The molecule has 7 heteroatoms. The molecule has 3 aromatic heterocycles. The van der Waals surface area contributed by atoms with Crippen LogP contribution in [0.5, 0.6) is 0 Å². The lowest BCUT2D eigenvalue weighted by Crippen LogP contribution is -2.34. The second-order valence-corrected chi connectivity index (χ2v) is 9.22. The molecule has 6 rings (SSSR count). The van der Waals surface area contributed by atoms with Crippen LogP contribution >= 0.6 is 0 Å². The van der Waals surface area contributed by atoms with E-state index < -0.39 is 0 Å². The Morgan fingerprint density at radius 1 is 1.00 bits per heavy atom. The van der Waals surface area contributed by atoms with Crippen molar-refractivity contribution in [2.45, 2.75) is 37.5 Å². The summed E-state index contributed by atoms with van der Waals surface area (Å²) in [7, 11) is 1.73. The van der Waals surface area contributed by atoms with E-state index in [1.807, 2.05) is 18.2 Å². The van der Waals surface area contributed by atoms with Gasteiger partial charge in [-0.25, -0.2) is 19.3 Å². The average molecular weight is 442 g/mol. The molecule has 0 saturated heterocycles. The van der Waals surface area contributed by atoms with Gasteiger partial charge in [-0.3, -0.25) is 4.79 Å². The Morgan fingerprint density at radius 2 is 1.85 bits per heavy atom. The van der Waals surface area contributed by atoms with E-state index in [4.69, 9.17) is 4.98 Å². The number of hydrogen-bond acceptors (Lipinski definition) is 5. The van der Waals surface area contributed by atoms with Crippen molar-refractivity contribution in [2.75, 3.05) is 11.4 Å². The Hall–Kier alpha value is -3.61. The van der Waals surface area contributed by atoms with Crippen molar-refractivity contribution in [1.82, 2.24) is 19.5 Å². The lowest BCUT2D eigenvalue weighted by atomic mass is 9.71. The largest absolute Gasteiger partial charge is 0.323 e. The predicted octanol–water partition coefficient (Wildman–Crippen LogP) is 4.88. The maximum atomic E-state index is 14.3. The van der Waals surface area contributed by atoms with E-state index in [2.05, 4.69) is 14.9 Å². The zero-order chi connectivity index (χ0) is 22.6. The molecule has 0 amide bonds. The molecule has 4 aromatic rings. The first kappa shape index (κ1) is 20.0. The molecule has 1 spiro atoms. The van der Waals surface area contributed by atoms with Gasteiger partial charge in [0, 0.05) is 42.5 Å². The fourth-order valence-corrected chi connectivity index (χ4v) is 5.52. The lowest BCUT2D eigenvalue weighted by Gasteiger charge is -2.34. The molecule has 1 fully saturated rings. The van der Waals surface area contributed by atoms with Crippen LogP contribution in [0.3, 0.4) is 0 Å². The molecule has 4 heterocycles. The van der Waals surface area contributed by atoms with E-state index in [9.17, 15) is 9.18 Å². The van der Waals surface area contributed by atoms with Crippen molar-refractivity contribution in [3.05, 3.63) is 76.7 Å². The van der Waals surface area contributed by atoms with Crippen LogP contribution in [0.15, 0.2) is 59.8 Å². The van der Waals surface area contributed by atoms with E-state index in [-0.39, 0.29) is 16.8 Å². The van der Waals surface area contributed by atoms with Crippen molar-refractivity contribution in [2.24, 2.45) is 7.05 Å². The Morgan fingerprint density at radius 3 is 2.67 bits per heavy atom. The maximum absolute atomic E-state index is 14.3. The molecule has 1 aliphatic carbocycles. The molecule has 1 saturated carbocycles. The summed E-state index contributed by atoms with van der Waals surface area (Å²) >= 11 is 0. The van der Waals surface area contributed by atoms with Gasteiger partial charge >= 0.3 is 0 Å². The van der Waals surface area contributed by atoms with Crippen LogP contribution in [0.1, 0.15) is 37.7 Å². The summed E-state index contributed by atoms with van der Waals surface area (Å²) < 4.78 is 15.8. The molecule has 0 atom stereocenters. The van der Waals surface area contributed by atoms with Crippen LogP contribution in [0.25, 0.3) is 22.3 Å². The van der Waals surface area contributed by atoms with E-state index in [1.54, 1.807) is 42.3 Å². The van der Waals surface area contributed by atoms with Gasteiger partial charge in [0.2, 0.25) is 5.56 Å². The molecule has 6 nitrogen and oxygen atoms in total. The van der Waals surface area contributed by atoms with Gasteiger partial charge in [0.15, 0.2) is 5.82 Å². The van der Waals surface area contributed by atoms with Gasteiger partial charge in [0.25, 0.3) is 0 Å². The summed E-state index contributed by atoms with van der Waals surface area (Å²) in [5, 5.41) is 0. The minimum absolute atomic E-state index is 0.0533. The quantitative estimate of drug-likeness (QED) is 0.444. The molecule has 166 valence electrons. The highest BCUT2D eigenvalue weighted by atomic mass is 19.1. The third kappa shape index (κ3) is 3.22. The number of pyridine rings is 2. The molecular weight excluding hydrogens is 417 g/mol. The number of halogens is 1. The number of nitrogens with zero attached hydrogens (tertiary/aromatic N) is 5. The summed E-state index contributed by atoms with van der Waals surface area (Å²) in [6.45, 7) is 0.768. The Bertz CT molecular complexity index is 1440. The van der Waals surface area contributed by atoms with Crippen molar-refractivity contribution >= 4 is 22.5 Å². The molecule has 1 aromatic carbocycles. The first-order chi connectivity index (χ1) is 16.0. The zero-order valence-electron chi connectivity index (χ0n) is 18.5. The normalized spacial score (nSPS) is 17.0. The van der Waals surface area contributed by atoms with Gasteiger partial charge < -0.3 is 9.47 Å². The zero-order valence-corrected chi connectivity index (χ0v) is 18.5. The van der Waals surface area contributed by atoms with E-state index in [0.29, 0.717) is 5.52 Å². The van der Waals surface area contributed by atoms with E-state index >= 15 is 0 Å². The molecular formula is C26H24FN5O. The highest BCUT2D eigenvalue weighted by Gasteiger charge is 2.44. The van der Waals surface area contributed by atoms with E-state index in [1.165, 1.54) is 12.5 Å². The van der Waals surface area contributed by atoms with Gasteiger partial charge in [0.05, 0.1) is 11.2 Å². The fraction of sp³-hybridized carbons (Fsp3) is 0.308. The molecule has 0 bridgehead atoms. The monoisotopic (exact) mass is 441 g/mol. The van der Waals surface area contributed by atoms with Crippen LogP contribution in [-0.2, 0) is 12.5 Å². The van der Waals surface area contributed by atoms with Crippen molar-refractivity contribution in [3.8, 4) is 11.3 Å².